The number of benzene rings is 1. The Hall–Kier alpha value is -0.730. The molecule has 0 radical (unpaired) electrons. The van der Waals surface area contributed by atoms with Crippen molar-refractivity contribution in [2.45, 2.75) is 58.6 Å². The highest BCUT2D eigenvalue weighted by atomic mass is 35.5. The summed E-state index contributed by atoms with van der Waals surface area (Å²) in [4.78, 5) is 0. The van der Waals surface area contributed by atoms with Crippen LogP contribution in [0.5, 0.6) is 5.75 Å². The van der Waals surface area contributed by atoms with E-state index in [1.165, 1.54) is 18.4 Å². The summed E-state index contributed by atoms with van der Waals surface area (Å²) in [6, 6.07) is 6.47. The van der Waals surface area contributed by atoms with Crippen LogP contribution in [-0.4, -0.2) is 18.7 Å². The van der Waals surface area contributed by atoms with Crippen LogP contribution in [0.25, 0.3) is 0 Å². The van der Waals surface area contributed by atoms with Gasteiger partial charge in [0.25, 0.3) is 0 Å². The lowest BCUT2D eigenvalue weighted by molar-refractivity contribution is 0.0910. The summed E-state index contributed by atoms with van der Waals surface area (Å²) in [5.74, 6) is 1.54. The normalized spacial score (nSPS) is 26.5. The van der Waals surface area contributed by atoms with E-state index in [9.17, 15) is 0 Å². The number of halogens is 1. The molecule has 1 aliphatic carbocycles. The molecule has 0 aliphatic heterocycles. The van der Waals surface area contributed by atoms with E-state index in [1.807, 2.05) is 19.1 Å². The average Bonchev–Trinajstić information content (AvgIpc) is 2.41. The number of rotatable bonds is 5. The SMILES string of the molecule is CCCNC1CCC(C)CC1Oc1ccc(C)cc1Cl. The van der Waals surface area contributed by atoms with E-state index in [-0.39, 0.29) is 6.10 Å². The van der Waals surface area contributed by atoms with Crippen molar-refractivity contribution >= 4 is 11.6 Å². The van der Waals surface area contributed by atoms with Crippen molar-refractivity contribution in [3.63, 3.8) is 0 Å². The van der Waals surface area contributed by atoms with Gasteiger partial charge >= 0.3 is 0 Å². The number of nitrogens with one attached hydrogen (secondary N) is 1. The summed E-state index contributed by atoms with van der Waals surface area (Å²) < 4.78 is 6.23. The first-order valence-corrected chi connectivity index (χ1v) is 8.14. The number of ether oxygens (including phenoxy) is 1. The molecule has 1 aromatic rings. The van der Waals surface area contributed by atoms with Gasteiger partial charge in [0.2, 0.25) is 0 Å². The van der Waals surface area contributed by atoms with E-state index in [1.54, 1.807) is 0 Å². The molecule has 3 heteroatoms. The maximum atomic E-state index is 6.29. The van der Waals surface area contributed by atoms with Crippen LogP contribution in [0.1, 0.15) is 45.1 Å². The highest BCUT2D eigenvalue weighted by molar-refractivity contribution is 6.32. The van der Waals surface area contributed by atoms with Crippen LogP contribution in [0.15, 0.2) is 18.2 Å². The van der Waals surface area contributed by atoms with Gasteiger partial charge in [-0.3, -0.25) is 0 Å². The Balaban J connectivity index is 2.06. The highest BCUT2D eigenvalue weighted by Crippen LogP contribution is 2.31. The molecular weight excluding hydrogens is 270 g/mol. The first-order chi connectivity index (χ1) is 9.60. The van der Waals surface area contributed by atoms with Gasteiger partial charge in [-0.05, 0) is 62.8 Å². The minimum atomic E-state index is 0.227. The molecule has 0 aromatic heterocycles. The topological polar surface area (TPSA) is 21.3 Å². The maximum Gasteiger partial charge on any atom is 0.138 e. The van der Waals surface area contributed by atoms with Crippen molar-refractivity contribution in [3.05, 3.63) is 28.8 Å². The third kappa shape index (κ3) is 4.13. The molecule has 2 rings (SSSR count). The molecule has 0 spiro atoms. The van der Waals surface area contributed by atoms with Crippen molar-refractivity contribution in [1.82, 2.24) is 5.32 Å². The van der Waals surface area contributed by atoms with E-state index in [0.29, 0.717) is 6.04 Å². The molecule has 3 atom stereocenters. The Morgan fingerprint density at radius 1 is 1.35 bits per heavy atom. The molecule has 0 bridgehead atoms. The number of hydrogen-bond donors (Lipinski definition) is 1. The molecule has 0 saturated heterocycles. The van der Waals surface area contributed by atoms with E-state index >= 15 is 0 Å². The van der Waals surface area contributed by atoms with Gasteiger partial charge in [-0.15, -0.1) is 0 Å². The molecule has 1 saturated carbocycles. The van der Waals surface area contributed by atoms with Crippen LogP contribution in [0.3, 0.4) is 0 Å². The first kappa shape index (κ1) is 15.7. The third-order valence-corrected chi connectivity index (χ3v) is 4.37. The highest BCUT2D eigenvalue weighted by Gasteiger charge is 2.30. The second kappa shape index (κ2) is 7.33. The van der Waals surface area contributed by atoms with E-state index < -0.39 is 0 Å². The molecule has 2 nitrogen and oxygen atoms in total. The quantitative estimate of drug-likeness (QED) is 0.858. The number of aryl methyl sites for hydroxylation is 1. The minimum Gasteiger partial charge on any atom is -0.487 e. The van der Waals surface area contributed by atoms with E-state index in [2.05, 4.69) is 25.2 Å². The van der Waals surface area contributed by atoms with Crippen LogP contribution >= 0.6 is 11.6 Å². The molecule has 1 fully saturated rings. The Morgan fingerprint density at radius 2 is 2.15 bits per heavy atom. The Labute approximate surface area is 127 Å². The fourth-order valence-electron chi connectivity index (χ4n) is 2.89. The van der Waals surface area contributed by atoms with Crippen LogP contribution in [0.4, 0.5) is 0 Å². The summed E-state index contributed by atoms with van der Waals surface area (Å²) in [5, 5.41) is 4.34. The molecule has 0 heterocycles. The number of hydrogen-bond acceptors (Lipinski definition) is 2. The lowest BCUT2D eigenvalue weighted by Crippen LogP contribution is -2.47. The molecular formula is C17H26ClNO. The molecule has 20 heavy (non-hydrogen) atoms. The predicted molar refractivity (Wildman–Crippen MR) is 85.7 cm³/mol. The second-order valence-corrected chi connectivity index (χ2v) is 6.48. The van der Waals surface area contributed by atoms with Crippen LogP contribution < -0.4 is 10.1 Å². The van der Waals surface area contributed by atoms with E-state index in [4.69, 9.17) is 16.3 Å². The van der Waals surface area contributed by atoms with Crippen LogP contribution in [-0.2, 0) is 0 Å². The molecule has 0 amide bonds. The lowest BCUT2D eigenvalue weighted by Gasteiger charge is -2.35. The zero-order valence-corrected chi connectivity index (χ0v) is 13.5. The largest absolute Gasteiger partial charge is 0.487 e. The third-order valence-electron chi connectivity index (χ3n) is 4.08. The second-order valence-electron chi connectivity index (χ2n) is 6.07. The van der Waals surface area contributed by atoms with Crippen molar-refractivity contribution in [2.24, 2.45) is 5.92 Å². The summed E-state index contributed by atoms with van der Waals surface area (Å²) in [6.45, 7) is 7.61. The molecule has 112 valence electrons. The average molecular weight is 296 g/mol. The predicted octanol–water partition coefficient (Wildman–Crippen LogP) is 4.58. The minimum absolute atomic E-state index is 0.227. The van der Waals surface area contributed by atoms with Gasteiger partial charge in [0.1, 0.15) is 11.9 Å². The summed E-state index contributed by atoms with van der Waals surface area (Å²) in [7, 11) is 0. The van der Waals surface area contributed by atoms with Gasteiger partial charge in [0.15, 0.2) is 0 Å². The zero-order chi connectivity index (χ0) is 14.5. The zero-order valence-electron chi connectivity index (χ0n) is 12.8. The van der Waals surface area contributed by atoms with Gasteiger partial charge in [0.05, 0.1) is 5.02 Å². The van der Waals surface area contributed by atoms with Crippen molar-refractivity contribution in [2.75, 3.05) is 6.54 Å². The van der Waals surface area contributed by atoms with Crippen LogP contribution in [0.2, 0.25) is 5.02 Å². The van der Waals surface area contributed by atoms with E-state index in [0.717, 1.165) is 36.1 Å². The van der Waals surface area contributed by atoms with Crippen molar-refractivity contribution < 1.29 is 4.74 Å². The monoisotopic (exact) mass is 295 g/mol. The first-order valence-electron chi connectivity index (χ1n) is 7.76. The Bertz CT molecular complexity index is 433. The van der Waals surface area contributed by atoms with Crippen molar-refractivity contribution in [3.8, 4) is 5.75 Å². The standard InChI is InChI=1S/C17H26ClNO/c1-4-9-19-15-7-5-13(3)11-17(15)20-16-8-6-12(2)10-14(16)18/h6,8,10,13,15,17,19H,4-5,7,9,11H2,1-3H3. The lowest BCUT2D eigenvalue weighted by atomic mass is 9.85. The Kier molecular flexibility index (Phi) is 5.74. The molecule has 1 aliphatic rings. The smallest absolute Gasteiger partial charge is 0.138 e. The molecule has 1 N–H and O–H groups in total. The van der Waals surface area contributed by atoms with Crippen molar-refractivity contribution in [1.29, 1.82) is 0 Å². The summed E-state index contributed by atoms with van der Waals surface area (Å²) >= 11 is 6.29. The summed E-state index contributed by atoms with van der Waals surface area (Å²) in [6.07, 6.45) is 4.96. The fourth-order valence-corrected chi connectivity index (χ4v) is 3.17. The van der Waals surface area contributed by atoms with Crippen LogP contribution in [0, 0.1) is 12.8 Å². The van der Waals surface area contributed by atoms with Gasteiger partial charge in [-0.25, -0.2) is 0 Å². The van der Waals surface area contributed by atoms with Gasteiger partial charge in [-0.2, -0.15) is 0 Å². The van der Waals surface area contributed by atoms with Gasteiger partial charge in [0, 0.05) is 6.04 Å². The molecule has 1 aromatic carbocycles. The summed E-state index contributed by atoms with van der Waals surface area (Å²) in [5.41, 5.74) is 1.17. The maximum absolute atomic E-state index is 6.29. The molecule has 3 unspecified atom stereocenters. The Morgan fingerprint density at radius 3 is 2.85 bits per heavy atom. The fraction of sp³-hybridized carbons (Fsp3) is 0.647. The van der Waals surface area contributed by atoms with Gasteiger partial charge in [-0.1, -0.05) is 31.5 Å². The van der Waals surface area contributed by atoms with Gasteiger partial charge < -0.3 is 10.1 Å².